The number of amides is 2. The van der Waals surface area contributed by atoms with Gasteiger partial charge < -0.3 is 10.6 Å². The highest BCUT2D eigenvalue weighted by atomic mass is 32.1. The van der Waals surface area contributed by atoms with Crippen molar-refractivity contribution in [3.63, 3.8) is 0 Å². The van der Waals surface area contributed by atoms with Gasteiger partial charge in [0.25, 0.3) is 5.91 Å². The van der Waals surface area contributed by atoms with E-state index in [0.29, 0.717) is 17.8 Å². The highest BCUT2D eigenvalue weighted by Gasteiger charge is 2.30. The second kappa shape index (κ2) is 8.08. The summed E-state index contributed by atoms with van der Waals surface area (Å²) in [6.45, 7) is 1.19. The van der Waals surface area contributed by atoms with Gasteiger partial charge in [-0.15, -0.1) is 11.3 Å². The fraction of sp³-hybridized carbons (Fsp3) is 0.286. The first kappa shape index (κ1) is 18.6. The topological polar surface area (TPSA) is 74.3 Å². The summed E-state index contributed by atoms with van der Waals surface area (Å²) in [4.78, 5) is 31.3. The van der Waals surface area contributed by atoms with Crippen LogP contribution in [0.1, 0.15) is 34.2 Å². The number of fused-ring (bicyclic) bond motifs is 1. The Morgan fingerprint density at radius 1 is 1.21 bits per heavy atom. The van der Waals surface area contributed by atoms with Crippen molar-refractivity contribution in [3.8, 4) is 0 Å². The van der Waals surface area contributed by atoms with Crippen LogP contribution in [0, 0.1) is 0 Å². The van der Waals surface area contributed by atoms with E-state index in [1.54, 1.807) is 42.6 Å². The Morgan fingerprint density at radius 3 is 2.89 bits per heavy atom. The van der Waals surface area contributed by atoms with Crippen LogP contribution in [-0.2, 0) is 4.79 Å². The minimum absolute atomic E-state index is 0.0814. The summed E-state index contributed by atoms with van der Waals surface area (Å²) < 4.78 is 1.18. The van der Waals surface area contributed by atoms with Gasteiger partial charge in [0, 0.05) is 18.3 Å². The van der Waals surface area contributed by atoms with Crippen molar-refractivity contribution in [1.82, 2.24) is 15.2 Å². The molecule has 2 amide bonds. The summed E-state index contributed by atoms with van der Waals surface area (Å²) >= 11 is 1.71. The van der Waals surface area contributed by atoms with Crippen LogP contribution in [0.4, 0.5) is 5.69 Å². The number of carbonyl (C=O) groups is 2. The van der Waals surface area contributed by atoms with Crippen LogP contribution in [0.25, 0.3) is 10.2 Å². The lowest BCUT2D eigenvalue weighted by Crippen LogP contribution is -2.33. The number of para-hydroxylation sites is 1. The molecular formula is C21H22N4O2S. The average Bonchev–Trinajstić information content (AvgIpc) is 3.33. The molecule has 1 atom stereocenters. The molecule has 3 aromatic rings. The third-order valence-electron chi connectivity index (χ3n) is 4.94. The van der Waals surface area contributed by atoms with Crippen molar-refractivity contribution in [2.45, 2.75) is 18.9 Å². The molecule has 1 aromatic heterocycles. The van der Waals surface area contributed by atoms with E-state index in [-0.39, 0.29) is 17.9 Å². The second-order valence-corrected chi connectivity index (χ2v) is 7.92. The smallest absolute Gasteiger partial charge is 0.251 e. The summed E-state index contributed by atoms with van der Waals surface area (Å²) in [7, 11) is 1.59. The van der Waals surface area contributed by atoms with Crippen LogP contribution < -0.4 is 10.6 Å². The number of thiazole rings is 1. The lowest BCUT2D eigenvalue weighted by atomic mass is 10.2. The molecule has 1 saturated heterocycles. The molecule has 1 fully saturated rings. The molecule has 0 radical (unpaired) electrons. The molecule has 28 heavy (non-hydrogen) atoms. The lowest BCUT2D eigenvalue weighted by Gasteiger charge is -2.22. The maximum Gasteiger partial charge on any atom is 0.251 e. The molecular weight excluding hydrogens is 372 g/mol. The zero-order valence-corrected chi connectivity index (χ0v) is 16.5. The molecule has 144 valence electrons. The summed E-state index contributed by atoms with van der Waals surface area (Å²) in [6, 6.07) is 15.3. The Morgan fingerprint density at radius 2 is 2.07 bits per heavy atom. The Hall–Kier alpha value is -2.77. The van der Waals surface area contributed by atoms with Crippen LogP contribution in [0.3, 0.4) is 0 Å². The number of likely N-dealkylation sites (tertiary alicyclic amines) is 1. The van der Waals surface area contributed by atoms with E-state index in [9.17, 15) is 9.59 Å². The van der Waals surface area contributed by atoms with E-state index in [2.05, 4.69) is 21.6 Å². The van der Waals surface area contributed by atoms with E-state index in [1.807, 2.05) is 18.2 Å². The van der Waals surface area contributed by atoms with Crippen molar-refractivity contribution in [2.24, 2.45) is 0 Å². The summed E-state index contributed by atoms with van der Waals surface area (Å²) in [5.41, 5.74) is 2.17. The van der Waals surface area contributed by atoms with E-state index >= 15 is 0 Å². The molecule has 0 bridgehead atoms. The number of hydrogen-bond acceptors (Lipinski definition) is 5. The Bertz CT molecular complexity index is 983. The SMILES string of the molecule is CNC(=O)c1cccc(NC(=O)CN2CCC[C@H]2c2nc3ccccc3s2)c1. The number of carbonyl (C=O) groups excluding carboxylic acids is 2. The highest BCUT2D eigenvalue weighted by Crippen LogP contribution is 2.36. The first-order valence-corrected chi connectivity index (χ1v) is 10.2. The zero-order chi connectivity index (χ0) is 19.5. The molecule has 0 aliphatic carbocycles. The van der Waals surface area contributed by atoms with Crippen LogP contribution in [-0.4, -0.2) is 41.8 Å². The number of nitrogens with zero attached hydrogens (tertiary/aromatic N) is 2. The number of benzene rings is 2. The molecule has 2 heterocycles. The number of aromatic nitrogens is 1. The van der Waals surface area contributed by atoms with Crippen molar-refractivity contribution >= 4 is 39.1 Å². The normalized spacial score (nSPS) is 17.0. The first-order valence-electron chi connectivity index (χ1n) is 9.35. The zero-order valence-electron chi connectivity index (χ0n) is 15.6. The number of nitrogens with one attached hydrogen (secondary N) is 2. The van der Waals surface area contributed by atoms with Crippen molar-refractivity contribution in [1.29, 1.82) is 0 Å². The molecule has 1 aliphatic rings. The predicted octanol–water partition coefficient (Wildman–Crippen LogP) is 3.43. The van der Waals surface area contributed by atoms with Gasteiger partial charge in [-0.2, -0.15) is 0 Å². The van der Waals surface area contributed by atoms with Gasteiger partial charge in [-0.05, 0) is 49.7 Å². The fourth-order valence-electron chi connectivity index (χ4n) is 3.60. The summed E-state index contributed by atoms with van der Waals surface area (Å²) in [6.07, 6.45) is 2.07. The third kappa shape index (κ3) is 3.90. The van der Waals surface area contributed by atoms with Gasteiger partial charge in [-0.1, -0.05) is 18.2 Å². The van der Waals surface area contributed by atoms with Crippen molar-refractivity contribution in [3.05, 3.63) is 59.1 Å². The standard InChI is InChI=1S/C21H22N4O2S/c1-22-20(27)14-6-4-7-15(12-14)23-19(26)13-25-11-5-9-17(25)21-24-16-8-2-3-10-18(16)28-21/h2-4,6-8,10,12,17H,5,9,11,13H2,1H3,(H,22,27)(H,23,26)/t17-/m0/s1. The first-order chi connectivity index (χ1) is 13.6. The lowest BCUT2D eigenvalue weighted by molar-refractivity contribution is -0.117. The summed E-state index contributed by atoms with van der Waals surface area (Å²) in [5.74, 6) is -0.256. The van der Waals surface area contributed by atoms with Crippen LogP contribution in [0.2, 0.25) is 0 Å². The molecule has 0 saturated carbocycles. The van der Waals surface area contributed by atoms with Crippen molar-refractivity contribution < 1.29 is 9.59 Å². The molecule has 4 rings (SSSR count). The maximum atomic E-state index is 12.6. The second-order valence-electron chi connectivity index (χ2n) is 6.86. The largest absolute Gasteiger partial charge is 0.355 e. The van der Waals surface area contributed by atoms with E-state index < -0.39 is 0 Å². The van der Waals surface area contributed by atoms with Crippen molar-refractivity contribution in [2.75, 3.05) is 25.5 Å². The Kier molecular flexibility index (Phi) is 5.36. The van der Waals surface area contributed by atoms with E-state index in [4.69, 9.17) is 4.98 Å². The van der Waals surface area contributed by atoms with Gasteiger partial charge in [0.05, 0.1) is 22.8 Å². The van der Waals surface area contributed by atoms with E-state index in [1.165, 1.54) is 4.70 Å². The van der Waals surface area contributed by atoms with Crippen LogP contribution >= 0.6 is 11.3 Å². The van der Waals surface area contributed by atoms with E-state index in [0.717, 1.165) is 29.9 Å². The van der Waals surface area contributed by atoms with Gasteiger partial charge in [0.2, 0.25) is 5.91 Å². The minimum atomic E-state index is -0.174. The van der Waals surface area contributed by atoms with Gasteiger partial charge in [-0.3, -0.25) is 14.5 Å². The van der Waals surface area contributed by atoms with Gasteiger partial charge >= 0.3 is 0 Å². The quantitative estimate of drug-likeness (QED) is 0.695. The Labute approximate surface area is 167 Å². The maximum absolute atomic E-state index is 12.6. The number of rotatable bonds is 5. The minimum Gasteiger partial charge on any atom is -0.355 e. The highest BCUT2D eigenvalue weighted by molar-refractivity contribution is 7.18. The monoisotopic (exact) mass is 394 g/mol. The van der Waals surface area contributed by atoms with Gasteiger partial charge in [-0.25, -0.2) is 4.98 Å². The van der Waals surface area contributed by atoms with Gasteiger partial charge in [0.15, 0.2) is 0 Å². The summed E-state index contributed by atoms with van der Waals surface area (Å²) in [5, 5.41) is 6.58. The average molecular weight is 394 g/mol. The molecule has 7 heteroatoms. The number of anilines is 1. The number of hydrogen-bond donors (Lipinski definition) is 2. The Balaban J connectivity index is 1.44. The molecule has 0 unspecified atom stereocenters. The fourth-order valence-corrected chi connectivity index (χ4v) is 4.73. The molecule has 6 nitrogen and oxygen atoms in total. The van der Waals surface area contributed by atoms with Crippen LogP contribution in [0.15, 0.2) is 48.5 Å². The predicted molar refractivity (Wildman–Crippen MR) is 112 cm³/mol. The third-order valence-corrected chi connectivity index (χ3v) is 6.08. The van der Waals surface area contributed by atoms with Crippen LogP contribution in [0.5, 0.6) is 0 Å². The molecule has 0 spiro atoms. The van der Waals surface area contributed by atoms with Gasteiger partial charge in [0.1, 0.15) is 5.01 Å². The molecule has 2 aromatic carbocycles. The molecule has 2 N–H and O–H groups in total. The molecule has 1 aliphatic heterocycles.